The Balaban J connectivity index is 1.74. The van der Waals surface area contributed by atoms with E-state index in [9.17, 15) is 5.11 Å². The van der Waals surface area contributed by atoms with Crippen LogP contribution in [0.4, 0.5) is 0 Å². The van der Waals surface area contributed by atoms with Crippen LogP contribution in [0, 0.1) is 0 Å². The van der Waals surface area contributed by atoms with Crippen LogP contribution in [-0.4, -0.2) is 41.7 Å². The number of aliphatic hydroxyl groups is 1. The molecule has 3 atom stereocenters. The molecule has 0 aromatic heterocycles. The molecule has 5 nitrogen and oxygen atoms in total. The van der Waals surface area contributed by atoms with Crippen molar-refractivity contribution in [2.45, 2.75) is 56.4 Å². The molecule has 3 aromatic rings. The highest BCUT2D eigenvalue weighted by atomic mass is 35.5. The molecule has 6 heteroatoms. The van der Waals surface area contributed by atoms with Crippen molar-refractivity contribution in [3.63, 3.8) is 0 Å². The first kappa shape index (κ1) is 27.9. The van der Waals surface area contributed by atoms with Crippen LogP contribution in [-0.2, 0) is 0 Å². The number of nitrogens with one attached hydrogen (secondary N) is 1. The number of aliphatic imine (C=N–C) groups is 1. The fourth-order valence-electron chi connectivity index (χ4n) is 5.27. The third-order valence-corrected chi connectivity index (χ3v) is 7.84. The van der Waals surface area contributed by atoms with Gasteiger partial charge in [-0.2, -0.15) is 0 Å². The van der Waals surface area contributed by atoms with Gasteiger partial charge in [-0.15, -0.1) is 0 Å². The lowest BCUT2D eigenvalue weighted by atomic mass is 9.68. The first-order chi connectivity index (χ1) is 18.3. The molecule has 0 radical (unpaired) electrons. The number of rotatable bonds is 12. The van der Waals surface area contributed by atoms with E-state index in [1.165, 1.54) is 0 Å². The van der Waals surface area contributed by atoms with E-state index in [-0.39, 0.29) is 12.6 Å². The standard InChI is InChI=1S/C32H37ClN2O3/c1-5-19-32(20-12-21-35-32)31(3,38-27-18-17-26(33)22-28(27)37-4)30(2,36)23-34-29(24-13-8-6-9-14-24)25-15-10-7-11-16-25/h6-18,20-22,29,34,36H,5,19,23H2,1-4H3. The van der Waals surface area contributed by atoms with Crippen molar-refractivity contribution >= 4 is 17.8 Å². The van der Waals surface area contributed by atoms with Crippen molar-refractivity contribution in [3.05, 3.63) is 107 Å². The van der Waals surface area contributed by atoms with Crippen LogP contribution in [0.3, 0.4) is 0 Å². The Labute approximate surface area is 231 Å². The lowest BCUT2D eigenvalue weighted by Gasteiger charge is -2.51. The first-order valence-electron chi connectivity index (χ1n) is 13.1. The van der Waals surface area contributed by atoms with Crippen LogP contribution in [0.15, 0.2) is 96.0 Å². The average molecular weight is 533 g/mol. The number of hydrogen-bond acceptors (Lipinski definition) is 5. The summed E-state index contributed by atoms with van der Waals surface area (Å²) in [6.07, 6.45) is 7.31. The Morgan fingerprint density at radius 3 is 2.13 bits per heavy atom. The van der Waals surface area contributed by atoms with E-state index >= 15 is 0 Å². The summed E-state index contributed by atoms with van der Waals surface area (Å²) in [4.78, 5) is 4.89. The number of hydrogen-bond donors (Lipinski definition) is 2. The molecule has 0 amide bonds. The summed E-state index contributed by atoms with van der Waals surface area (Å²) in [5, 5.41) is 16.5. The van der Waals surface area contributed by atoms with Gasteiger partial charge in [0.05, 0.1) is 13.2 Å². The van der Waals surface area contributed by atoms with Crippen molar-refractivity contribution in [1.29, 1.82) is 0 Å². The summed E-state index contributed by atoms with van der Waals surface area (Å²) in [6.45, 7) is 6.10. The predicted molar refractivity (Wildman–Crippen MR) is 156 cm³/mol. The SMILES string of the molecule is CCCC1(C(C)(Oc2ccc(Cl)cc2OC)C(C)(O)CNC(c2ccccc2)c2ccccc2)C=CC=N1. The van der Waals surface area contributed by atoms with E-state index in [0.717, 1.165) is 17.5 Å². The summed E-state index contributed by atoms with van der Waals surface area (Å²) in [7, 11) is 1.58. The zero-order valence-electron chi connectivity index (χ0n) is 22.5. The highest BCUT2D eigenvalue weighted by Gasteiger charge is 2.60. The summed E-state index contributed by atoms with van der Waals surface area (Å²) in [5.74, 6) is 0.991. The van der Waals surface area contributed by atoms with Gasteiger partial charge in [-0.05, 0) is 49.6 Å². The average Bonchev–Trinajstić information content (AvgIpc) is 3.41. The van der Waals surface area contributed by atoms with Gasteiger partial charge in [0.25, 0.3) is 0 Å². The number of allylic oxidation sites excluding steroid dienone is 1. The minimum absolute atomic E-state index is 0.122. The van der Waals surface area contributed by atoms with Gasteiger partial charge in [0.2, 0.25) is 0 Å². The fraction of sp³-hybridized carbons (Fsp3) is 0.344. The maximum absolute atomic E-state index is 12.3. The van der Waals surface area contributed by atoms with E-state index in [0.29, 0.717) is 22.9 Å². The van der Waals surface area contributed by atoms with Gasteiger partial charge in [-0.3, -0.25) is 4.99 Å². The molecule has 1 heterocycles. The van der Waals surface area contributed by atoms with Crippen LogP contribution >= 0.6 is 11.6 Å². The van der Waals surface area contributed by atoms with Gasteiger partial charge in [0.15, 0.2) is 17.1 Å². The minimum Gasteiger partial charge on any atom is -0.493 e. The highest BCUT2D eigenvalue weighted by molar-refractivity contribution is 6.30. The normalized spacial score (nSPS) is 19.8. The zero-order valence-corrected chi connectivity index (χ0v) is 23.3. The molecule has 0 bridgehead atoms. The summed E-state index contributed by atoms with van der Waals surface area (Å²) in [5.41, 5.74) is -1.12. The number of ether oxygens (including phenoxy) is 2. The fourth-order valence-corrected chi connectivity index (χ4v) is 5.43. The quantitative estimate of drug-likeness (QED) is 0.269. The first-order valence-corrected chi connectivity index (χ1v) is 13.4. The molecule has 1 aliphatic heterocycles. The zero-order chi connectivity index (χ0) is 27.2. The van der Waals surface area contributed by atoms with Gasteiger partial charge in [0.1, 0.15) is 11.1 Å². The Morgan fingerprint density at radius 2 is 1.61 bits per heavy atom. The Kier molecular flexibility index (Phi) is 8.61. The summed E-state index contributed by atoms with van der Waals surface area (Å²) >= 11 is 6.23. The molecule has 0 fully saturated rings. The van der Waals surface area contributed by atoms with Gasteiger partial charge >= 0.3 is 0 Å². The minimum atomic E-state index is -1.37. The molecule has 4 rings (SSSR count). The molecular weight excluding hydrogens is 496 g/mol. The molecule has 3 aromatic carbocycles. The highest BCUT2D eigenvalue weighted by Crippen LogP contribution is 2.47. The maximum Gasteiger partial charge on any atom is 0.164 e. The molecule has 38 heavy (non-hydrogen) atoms. The monoisotopic (exact) mass is 532 g/mol. The second-order valence-electron chi connectivity index (χ2n) is 10.2. The molecule has 1 aliphatic rings. The maximum atomic E-state index is 12.3. The molecule has 0 saturated carbocycles. The number of nitrogens with zero attached hydrogens (tertiary/aromatic N) is 1. The van der Waals surface area contributed by atoms with E-state index in [2.05, 4.69) is 36.5 Å². The van der Waals surface area contributed by atoms with E-state index in [4.69, 9.17) is 26.1 Å². The van der Waals surface area contributed by atoms with Crippen molar-refractivity contribution in [1.82, 2.24) is 5.32 Å². The van der Waals surface area contributed by atoms with E-state index in [1.807, 2.05) is 62.4 Å². The Bertz CT molecular complexity index is 1210. The van der Waals surface area contributed by atoms with E-state index in [1.54, 1.807) is 31.5 Å². The molecule has 0 aliphatic carbocycles. The van der Waals surface area contributed by atoms with Crippen molar-refractivity contribution < 1.29 is 14.6 Å². The topological polar surface area (TPSA) is 63.1 Å². The molecule has 3 unspecified atom stereocenters. The van der Waals surface area contributed by atoms with Gasteiger partial charge in [-0.25, -0.2) is 0 Å². The smallest absolute Gasteiger partial charge is 0.164 e. The lowest BCUT2D eigenvalue weighted by Crippen LogP contribution is -2.69. The van der Waals surface area contributed by atoms with Crippen LogP contribution in [0.1, 0.15) is 50.8 Å². The van der Waals surface area contributed by atoms with Crippen molar-refractivity contribution in [3.8, 4) is 11.5 Å². The van der Waals surface area contributed by atoms with Crippen LogP contribution in [0.5, 0.6) is 11.5 Å². The van der Waals surface area contributed by atoms with Gasteiger partial charge < -0.3 is 19.9 Å². The number of halogens is 1. The predicted octanol–water partition coefficient (Wildman–Crippen LogP) is 6.80. The second kappa shape index (κ2) is 11.7. The third kappa shape index (κ3) is 5.51. The van der Waals surface area contributed by atoms with Crippen molar-refractivity contribution in [2.75, 3.05) is 13.7 Å². The number of benzene rings is 3. The lowest BCUT2D eigenvalue weighted by molar-refractivity contribution is -0.142. The second-order valence-corrected chi connectivity index (χ2v) is 10.6. The molecule has 0 spiro atoms. The Morgan fingerprint density at radius 1 is 0.974 bits per heavy atom. The van der Waals surface area contributed by atoms with Crippen LogP contribution in [0.2, 0.25) is 5.02 Å². The largest absolute Gasteiger partial charge is 0.493 e. The molecule has 2 N–H and O–H groups in total. The summed E-state index contributed by atoms with van der Waals surface area (Å²) in [6, 6.07) is 25.6. The van der Waals surface area contributed by atoms with Gasteiger partial charge in [0, 0.05) is 23.8 Å². The Hall–Kier alpha value is -3.12. The molecule has 0 saturated heterocycles. The van der Waals surface area contributed by atoms with Crippen LogP contribution < -0.4 is 14.8 Å². The number of methoxy groups -OCH3 is 1. The van der Waals surface area contributed by atoms with Crippen molar-refractivity contribution in [2.24, 2.45) is 4.99 Å². The van der Waals surface area contributed by atoms with E-state index < -0.39 is 16.7 Å². The third-order valence-electron chi connectivity index (χ3n) is 7.60. The molecular formula is C32H37ClN2O3. The van der Waals surface area contributed by atoms with Gasteiger partial charge in [-0.1, -0.05) is 91.7 Å². The summed E-state index contributed by atoms with van der Waals surface area (Å²) < 4.78 is 12.4. The molecule has 200 valence electrons. The van der Waals surface area contributed by atoms with Crippen LogP contribution in [0.25, 0.3) is 0 Å².